The first-order valence-electron chi connectivity index (χ1n) is 20.8. The van der Waals surface area contributed by atoms with Crippen LogP contribution in [0.3, 0.4) is 0 Å². The molecule has 9 aromatic rings. The summed E-state index contributed by atoms with van der Waals surface area (Å²) in [4.78, 5) is 4.66. The van der Waals surface area contributed by atoms with Gasteiger partial charge in [0.2, 0.25) is 0 Å². The molecule has 0 spiro atoms. The Morgan fingerprint density at radius 2 is 0.683 bits per heavy atom. The second kappa shape index (κ2) is 16.8. The summed E-state index contributed by atoms with van der Waals surface area (Å²) in [5, 5.41) is 2.45. The molecule has 0 heterocycles. The Bertz CT molecular complexity index is 2790. The number of fused-ring (bicyclic) bond motifs is 1. The van der Waals surface area contributed by atoms with Crippen molar-refractivity contribution in [3.8, 4) is 22.3 Å². The Kier molecular flexibility index (Phi) is 10.7. The molecule has 2 nitrogen and oxygen atoms in total. The van der Waals surface area contributed by atoms with Crippen molar-refractivity contribution in [2.45, 2.75) is 26.2 Å². The number of nitrogens with zero attached hydrogens (tertiary/aromatic N) is 2. The highest BCUT2D eigenvalue weighted by Crippen LogP contribution is 2.41. The van der Waals surface area contributed by atoms with Crippen molar-refractivity contribution in [1.82, 2.24) is 0 Å². The molecule has 0 amide bonds. The van der Waals surface area contributed by atoms with Crippen LogP contribution in [0.1, 0.15) is 37.5 Å². The lowest BCUT2D eigenvalue weighted by Crippen LogP contribution is -2.13. The minimum Gasteiger partial charge on any atom is -0.311 e. The topological polar surface area (TPSA) is 6.48 Å². The average Bonchev–Trinajstić information content (AvgIpc) is 3.30. The van der Waals surface area contributed by atoms with Gasteiger partial charge in [0.1, 0.15) is 0 Å². The van der Waals surface area contributed by atoms with E-state index in [1.807, 2.05) is 0 Å². The van der Waals surface area contributed by atoms with Gasteiger partial charge in [-0.25, -0.2) is 0 Å². The van der Waals surface area contributed by atoms with Crippen LogP contribution in [0.15, 0.2) is 224 Å². The van der Waals surface area contributed by atoms with Gasteiger partial charge in [-0.1, -0.05) is 191 Å². The summed E-state index contributed by atoms with van der Waals surface area (Å²) < 4.78 is 0. The van der Waals surface area contributed by atoms with Crippen LogP contribution in [0.5, 0.6) is 0 Å². The Labute approximate surface area is 355 Å². The summed E-state index contributed by atoms with van der Waals surface area (Å²) in [7, 11) is 0. The smallest absolute Gasteiger partial charge is 0.0540 e. The van der Waals surface area contributed by atoms with Crippen molar-refractivity contribution in [3.63, 3.8) is 0 Å². The van der Waals surface area contributed by atoms with Crippen molar-refractivity contribution in [2.75, 3.05) is 9.80 Å². The molecule has 0 atom stereocenters. The highest BCUT2D eigenvalue weighted by Gasteiger charge is 2.18. The first-order valence-corrected chi connectivity index (χ1v) is 20.8. The first-order chi connectivity index (χ1) is 29.4. The predicted octanol–water partition coefficient (Wildman–Crippen LogP) is 16.6. The van der Waals surface area contributed by atoms with Gasteiger partial charge in [-0.2, -0.15) is 0 Å². The first kappa shape index (κ1) is 38.1. The monoisotopic (exact) mass is 772 g/mol. The van der Waals surface area contributed by atoms with E-state index in [0.29, 0.717) is 0 Å². The van der Waals surface area contributed by atoms with E-state index < -0.39 is 0 Å². The van der Waals surface area contributed by atoms with Crippen LogP contribution < -0.4 is 9.80 Å². The molecule has 0 aromatic heterocycles. The molecular weight excluding hydrogens is 725 g/mol. The van der Waals surface area contributed by atoms with Crippen molar-refractivity contribution in [2.24, 2.45) is 0 Å². The van der Waals surface area contributed by atoms with E-state index >= 15 is 0 Å². The fourth-order valence-corrected chi connectivity index (χ4v) is 7.91. The van der Waals surface area contributed by atoms with Crippen molar-refractivity contribution in [3.05, 3.63) is 241 Å². The zero-order chi connectivity index (χ0) is 40.9. The third-order valence-electron chi connectivity index (χ3n) is 11.2. The number of hydrogen-bond donors (Lipinski definition) is 0. The van der Waals surface area contributed by atoms with Crippen LogP contribution in [-0.2, 0) is 5.41 Å². The maximum Gasteiger partial charge on any atom is 0.0540 e. The molecule has 0 aliphatic carbocycles. The molecule has 9 aromatic carbocycles. The van der Waals surface area contributed by atoms with Crippen LogP contribution in [0.4, 0.5) is 34.1 Å². The van der Waals surface area contributed by atoms with Crippen LogP contribution in [0, 0.1) is 0 Å². The number of benzene rings is 9. The molecule has 0 aliphatic rings. The van der Waals surface area contributed by atoms with Gasteiger partial charge in [0.15, 0.2) is 0 Å². The summed E-state index contributed by atoms with van der Waals surface area (Å²) in [5.74, 6) is 0. The highest BCUT2D eigenvalue weighted by atomic mass is 15.1. The predicted molar refractivity (Wildman–Crippen MR) is 258 cm³/mol. The Morgan fingerprint density at radius 3 is 1.15 bits per heavy atom. The molecule has 9 rings (SSSR count). The second-order valence-corrected chi connectivity index (χ2v) is 16.3. The van der Waals surface area contributed by atoms with Gasteiger partial charge in [0.25, 0.3) is 0 Å². The van der Waals surface area contributed by atoms with Gasteiger partial charge >= 0.3 is 0 Å². The van der Waals surface area contributed by atoms with Crippen molar-refractivity contribution < 1.29 is 0 Å². The van der Waals surface area contributed by atoms with Gasteiger partial charge in [-0.05, 0) is 116 Å². The van der Waals surface area contributed by atoms with Gasteiger partial charge in [0.05, 0.1) is 5.69 Å². The van der Waals surface area contributed by atoms with E-state index in [4.69, 9.17) is 0 Å². The molecule has 0 saturated heterocycles. The van der Waals surface area contributed by atoms with E-state index in [1.165, 1.54) is 44.3 Å². The Hall–Kier alpha value is -7.42. The third-order valence-corrected chi connectivity index (χ3v) is 11.2. The maximum atomic E-state index is 2.38. The molecule has 290 valence electrons. The lowest BCUT2D eigenvalue weighted by molar-refractivity contribution is 0.590. The molecule has 0 saturated carbocycles. The fraction of sp³-hybridized carbons (Fsp3) is 0.0690. The molecule has 0 fully saturated rings. The van der Waals surface area contributed by atoms with E-state index in [-0.39, 0.29) is 5.41 Å². The third kappa shape index (κ3) is 8.27. The zero-order valence-electron chi connectivity index (χ0n) is 34.4. The van der Waals surface area contributed by atoms with E-state index in [9.17, 15) is 0 Å². The van der Waals surface area contributed by atoms with E-state index in [0.717, 1.165) is 39.6 Å². The fourth-order valence-electron chi connectivity index (χ4n) is 7.91. The Balaban J connectivity index is 0.898. The van der Waals surface area contributed by atoms with E-state index in [1.54, 1.807) is 0 Å². The zero-order valence-corrected chi connectivity index (χ0v) is 34.4. The van der Waals surface area contributed by atoms with Gasteiger partial charge in [-0.3, -0.25) is 0 Å². The normalized spacial score (nSPS) is 11.5. The van der Waals surface area contributed by atoms with Crippen LogP contribution in [-0.4, -0.2) is 0 Å². The quantitative estimate of drug-likeness (QED) is 0.128. The van der Waals surface area contributed by atoms with E-state index in [2.05, 4.69) is 267 Å². The van der Waals surface area contributed by atoms with Gasteiger partial charge in [0, 0.05) is 33.8 Å². The lowest BCUT2D eigenvalue weighted by Gasteiger charge is -2.28. The lowest BCUT2D eigenvalue weighted by atomic mass is 9.87. The standard InChI is InChI=1S/C58H48N2/c1-58(2,3)50-35-41-55(42-36-50)60(57-20-12-14-49-13-10-11-19-56(49)57)54-39-33-48(34-40-54)46-29-25-44(26-30-46)22-21-43-23-27-45(28-24-43)47-31-37-53(38-32-47)59(51-15-6-4-7-16-51)52-17-8-5-9-18-52/h4-42H,1-3H3/b22-21+. The number of anilines is 6. The summed E-state index contributed by atoms with van der Waals surface area (Å²) in [6.07, 6.45) is 4.37. The minimum absolute atomic E-state index is 0.0895. The molecular formula is C58H48N2. The van der Waals surface area contributed by atoms with Crippen LogP contribution in [0.2, 0.25) is 0 Å². The van der Waals surface area contributed by atoms with Gasteiger partial charge < -0.3 is 9.80 Å². The minimum atomic E-state index is 0.0895. The Morgan fingerprint density at radius 1 is 0.317 bits per heavy atom. The second-order valence-electron chi connectivity index (χ2n) is 16.3. The summed E-state index contributed by atoms with van der Waals surface area (Å²) in [5.41, 5.74) is 15.3. The SMILES string of the molecule is CC(C)(C)c1ccc(N(c2ccc(-c3ccc(/C=C/c4ccc(-c5ccc(N(c6ccccc6)c6ccccc6)cc5)cc4)cc3)cc2)c2cccc3ccccc23)cc1. The molecule has 0 radical (unpaired) electrons. The molecule has 60 heavy (non-hydrogen) atoms. The average molecular weight is 773 g/mol. The molecule has 0 aliphatic heterocycles. The molecule has 0 bridgehead atoms. The van der Waals surface area contributed by atoms with Crippen LogP contribution in [0.25, 0.3) is 45.2 Å². The summed E-state index contributed by atoms with van der Waals surface area (Å²) in [6.45, 7) is 6.79. The number of hydrogen-bond acceptors (Lipinski definition) is 2. The highest BCUT2D eigenvalue weighted by molar-refractivity contribution is 5.99. The summed E-state index contributed by atoms with van der Waals surface area (Å²) >= 11 is 0. The number of para-hydroxylation sites is 2. The van der Waals surface area contributed by atoms with Crippen molar-refractivity contribution >= 4 is 57.0 Å². The van der Waals surface area contributed by atoms with Crippen LogP contribution >= 0.6 is 0 Å². The molecule has 0 unspecified atom stereocenters. The molecule has 0 N–H and O–H groups in total. The largest absolute Gasteiger partial charge is 0.311 e. The molecule has 2 heteroatoms. The maximum absolute atomic E-state index is 2.38. The van der Waals surface area contributed by atoms with Crippen molar-refractivity contribution in [1.29, 1.82) is 0 Å². The summed E-state index contributed by atoms with van der Waals surface area (Å²) in [6, 6.07) is 80.7. The number of rotatable bonds is 10. The van der Waals surface area contributed by atoms with Gasteiger partial charge in [-0.15, -0.1) is 0 Å².